The zero-order chi connectivity index (χ0) is 13.1. The molecule has 1 aliphatic rings. The maximum Gasteiger partial charge on any atom is 0.127 e. The van der Waals surface area contributed by atoms with Crippen molar-refractivity contribution >= 4 is 15.9 Å². The first kappa shape index (κ1) is 14.0. The minimum Gasteiger partial charge on any atom is -0.327 e. The lowest BCUT2D eigenvalue weighted by molar-refractivity contribution is 0.121. The van der Waals surface area contributed by atoms with Gasteiger partial charge in [-0.1, -0.05) is 22.4 Å². The van der Waals surface area contributed by atoms with E-state index in [0.717, 1.165) is 23.0 Å². The Hall–Kier alpha value is -0.450. The van der Waals surface area contributed by atoms with E-state index in [2.05, 4.69) is 20.8 Å². The van der Waals surface area contributed by atoms with Gasteiger partial charge in [0.1, 0.15) is 5.82 Å². The van der Waals surface area contributed by atoms with Gasteiger partial charge in [-0.05, 0) is 44.5 Å². The predicted octanol–water partition coefficient (Wildman–Crippen LogP) is 3.29. The Morgan fingerprint density at radius 2 is 2.28 bits per heavy atom. The third kappa shape index (κ3) is 3.31. The summed E-state index contributed by atoms with van der Waals surface area (Å²) < 4.78 is 14.7. The normalized spacial score (nSPS) is 23.0. The van der Waals surface area contributed by atoms with Gasteiger partial charge in [0, 0.05) is 28.7 Å². The number of hydrogen-bond donors (Lipinski definition) is 1. The van der Waals surface area contributed by atoms with Crippen molar-refractivity contribution < 1.29 is 4.39 Å². The Labute approximate surface area is 116 Å². The highest BCUT2D eigenvalue weighted by atomic mass is 79.9. The summed E-state index contributed by atoms with van der Waals surface area (Å²) in [6.07, 6.45) is 3.52. The second kappa shape index (κ2) is 6.13. The molecular formula is C14H20BrFN2. The van der Waals surface area contributed by atoms with Gasteiger partial charge in [-0.15, -0.1) is 0 Å². The molecule has 0 amide bonds. The lowest BCUT2D eigenvalue weighted by Gasteiger charge is -2.38. The smallest absolute Gasteiger partial charge is 0.127 e. The van der Waals surface area contributed by atoms with E-state index in [9.17, 15) is 4.39 Å². The minimum absolute atomic E-state index is 0.132. The first-order valence-electron chi connectivity index (χ1n) is 6.51. The number of piperidine rings is 1. The fraction of sp³-hybridized carbons (Fsp3) is 0.571. The molecule has 0 saturated carbocycles. The predicted molar refractivity (Wildman–Crippen MR) is 75.8 cm³/mol. The summed E-state index contributed by atoms with van der Waals surface area (Å²) >= 11 is 3.40. The monoisotopic (exact) mass is 314 g/mol. The molecule has 4 heteroatoms. The van der Waals surface area contributed by atoms with Gasteiger partial charge in [0.05, 0.1) is 0 Å². The largest absolute Gasteiger partial charge is 0.327 e. The molecule has 2 unspecified atom stereocenters. The van der Waals surface area contributed by atoms with E-state index in [1.165, 1.54) is 18.9 Å². The Kier molecular flexibility index (Phi) is 4.76. The van der Waals surface area contributed by atoms with Crippen LogP contribution in [-0.2, 0) is 6.54 Å². The molecule has 1 aromatic carbocycles. The summed E-state index contributed by atoms with van der Waals surface area (Å²) in [6.45, 7) is 3.70. The van der Waals surface area contributed by atoms with E-state index in [1.807, 2.05) is 13.0 Å². The number of benzene rings is 1. The molecule has 100 valence electrons. The molecule has 0 spiro atoms. The van der Waals surface area contributed by atoms with Gasteiger partial charge in [0.15, 0.2) is 0 Å². The summed E-state index contributed by atoms with van der Waals surface area (Å²) in [4.78, 5) is 2.32. The first-order valence-corrected chi connectivity index (χ1v) is 7.31. The molecule has 2 rings (SSSR count). The molecule has 0 aromatic heterocycles. The van der Waals surface area contributed by atoms with Gasteiger partial charge >= 0.3 is 0 Å². The highest BCUT2D eigenvalue weighted by molar-refractivity contribution is 9.10. The van der Waals surface area contributed by atoms with Crippen LogP contribution < -0.4 is 5.73 Å². The lowest BCUT2D eigenvalue weighted by Crippen LogP contribution is -2.48. The molecule has 1 saturated heterocycles. The molecule has 0 bridgehead atoms. The minimum atomic E-state index is -0.132. The average Bonchev–Trinajstić information content (AvgIpc) is 2.34. The van der Waals surface area contributed by atoms with Gasteiger partial charge in [-0.3, -0.25) is 4.90 Å². The Balaban J connectivity index is 2.13. The van der Waals surface area contributed by atoms with Crippen LogP contribution in [0.4, 0.5) is 4.39 Å². The quantitative estimate of drug-likeness (QED) is 0.927. The van der Waals surface area contributed by atoms with E-state index < -0.39 is 0 Å². The van der Waals surface area contributed by atoms with Gasteiger partial charge in [-0.25, -0.2) is 4.39 Å². The summed E-state index contributed by atoms with van der Waals surface area (Å²) in [5.74, 6) is -0.132. The van der Waals surface area contributed by atoms with Crippen LogP contribution in [0.15, 0.2) is 22.7 Å². The van der Waals surface area contributed by atoms with Crippen LogP contribution in [0.1, 0.15) is 31.7 Å². The van der Waals surface area contributed by atoms with Crippen molar-refractivity contribution in [3.8, 4) is 0 Å². The second-order valence-electron chi connectivity index (χ2n) is 5.13. The molecule has 1 aliphatic heterocycles. The number of nitrogens with zero attached hydrogens (tertiary/aromatic N) is 1. The Morgan fingerprint density at radius 3 is 3.00 bits per heavy atom. The van der Waals surface area contributed by atoms with Crippen molar-refractivity contribution in [3.05, 3.63) is 34.1 Å². The van der Waals surface area contributed by atoms with Crippen LogP contribution in [0, 0.1) is 5.82 Å². The topological polar surface area (TPSA) is 29.3 Å². The van der Waals surface area contributed by atoms with Crippen molar-refractivity contribution in [2.45, 2.75) is 44.8 Å². The van der Waals surface area contributed by atoms with Crippen LogP contribution in [-0.4, -0.2) is 23.5 Å². The van der Waals surface area contributed by atoms with E-state index in [-0.39, 0.29) is 11.9 Å². The fourth-order valence-electron chi connectivity index (χ4n) is 2.69. The van der Waals surface area contributed by atoms with Crippen LogP contribution >= 0.6 is 15.9 Å². The third-order valence-electron chi connectivity index (χ3n) is 3.65. The molecule has 1 fully saturated rings. The first-order chi connectivity index (χ1) is 8.58. The van der Waals surface area contributed by atoms with E-state index in [0.29, 0.717) is 12.6 Å². The van der Waals surface area contributed by atoms with Gasteiger partial charge in [0.2, 0.25) is 0 Å². The van der Waals surface area contributed by atoms with E-state index in [4.69, 9.17) is 5.73 Å². The number of halogens is 2. The van der Waals surface area contributed by atoms with E-state index in [1.54, 1.807) is 6.07 Å². The fourth-order valence-corrected chi connectivity index (χ4v) is 3.10. The standard InChI is InChI=1S/C14H20BrFN2/c1-10(17)14-4-2-3-7-18(14)9-11-8-12(15)5-6-13(11)16/h5-6,8,10,14H,2-4,7,9,17H2,1H3. The van der Waals surface area contributed by atoms with Crippen molar-refractivity contribution in [3.63, 3.8) is 0 Å². The molecule has 1 heterocycles. The Morgan fingerprint density at radius 1 is 1.50 bits per heavy atom. The van der Waals surface area contributed by atoms with Crippen LogP contribution in [0.3, 0.4) is 0 Å². The molecule has 2 N–H and O–H groups in total. The van der Waals surface area contributed by atoms with Gasteiger partial charge in [0.25, 0.3) is 0 Å². The third-order valence-corrected chi connectivity index (χ3v) is 4.15. The number of rotatable bonds is 3. The molecule has 18 heavy (non-hydrogen) atoms. The number of hydrogen-bond acceptors (Lipinski definition) is 2. The number of likely N-dealkylation sites (tertiary alicyclic amines) is 1. The summed E-state index contributed by atoms with van der Waals surface area (Å²) in [6, 6.07) is 5.63. The van der Waals surface area contributed by atoms with Crippen molar-refractivity contribution in [1.82, 2.24) is 4.90 Å². The van der Waals surface area contributed by atoms with E-state index >= 15 is 0 Å². The van der Waals surface area contributed by atoms with Crippen LogP contribution in [0.5, 0.6) is 0 Å². The summed E-state index contributed by atoms with van der Waals surface area (Å²) in [7, 11) is 0. The zero-order valence-corrected chi connectivity index (χ0v) is 12.3. The van der Waals surface area contributed by atoms with Crippen LogP contribution in [0.25, 0.3) is 0 Å². The molecule has 2 atom stereocenters. The second-order valence-corrected chi connectivity index (χ2v) is 6.04. The Bertz CT molecular complexity index is 409. The lowest BCUT2D eigenvalue weighted by atomic mass is 9.96. The maximum absolute atomic E-state index is 13.8. The van der Waals surface area contributed by atoms with Crippen molar-refractivity contribution in [2.75, 3.05) is 6.54 Å². The van der Waals surface area contributed by atoms with Crippen molar-refractivity contribution in [2.24, 2.45) is 5.73 Å². The van der Waals surface area contributed by atoms with Crippen LogP contribution in [0.2, 0.25) is 0 Å². The summed E-state index contributed by atoms with van der Waals surface area (Å²) in [5.41, 5.74) is 6.78. The zero-order valence-electron chi connectivity index (χ0n) is 10.7. The highest BCUT2D eigenvalue weighted by Crippen LogP contribution is 2.23. The summed E-state index contributed by atoms with van der Waals surface area (Å²) in [5, 5.41) is 0. The molecule has 1 aromatic rings. The van der Waals surface area contributed by atoms with Gasteiger partial charge in [-0.2, -0.15) is 0 Å². The van der Waals surface area contributed by atoms with Crippen molar-refractivity contribution in [1.29, 1.82) is 0 Å². The molecule has 0 radical (unpaired) electrons. The highest BCUT2D eigenvalue weighted by Gasteiger charge is 2.25. The number of nitrogens with two attached hydrogens (primary N) is 1. The SMILES string of the molecule is CC(N)C1CCCCN1Cc1cc(Br)ccc1F. The maximum atomic E-state index is 13.8. The van der Waals surface area contributed by atoms with Gasteiger partial charge < -0.3 is 5.73 Å². The molecule has 2 nitrogen and oxygen atoms in total. The molecular weight excluding hydrogens is 295 g/mol. The average molecular weight is 315 g/mol. The molecule has 0 aliphatic carbocycles.